The second kappa shape index (κ2) is 5.98. The fourth-order valence-electron chi connectivity index (χ4n) is 0.219. The Labute approximate surface area is 61.4 Å². The van der Waals surface area contributed by atoms with Crippen molar-refractivity contribution in [3.8, 4) is 0 Å². The van der Waals surface area contributed by atoms with Crippen LogP contribution in [-0.2, 0) is 10.6 Å². The molecule has 0 aromatic carbocycles. The number of halogens is 2. The average Bonchev–Trinajstić information content (AvgIpc) is 1.66. The van der Waals surface area contributed by atoms with Gasteiger partial charge in [-0.3, -0.25) is 0 Å². The Morgan fingerprint density at radius 3 is 2.62 bits per heavy atom. The van der Waals surface area contributed by atoms with Gasteiger partial charge in [-0.1, -0.05) is 0 Å². The molecule has 0 aliphatic carbocycles. The van der Waals surface area contributed by atoms with E-state index >= 15 is 0 Å². The van der Waals surface area contributed by atoms with Gasteiger partial charge < -0.3 is 4.55 Å². The van der Waals surface area contributed by atoms with Gasteiger partial charge >= 0.3 is 0 Å². The van der Waals surface area contributed by atoms with E-state index in [1.165, 1.54) is 0 Å². The molecule has 0 rings (SSSR count). The number of hydrogen-bond acceptors (Lipinski definition) is 2. The summed E-state index contributed by atoms with van der Waals surface area (Å²) in [6, 6.07) is 0. The fraction of sp³-hybridized carbons (Fsp3) is 1.00. The quantitative estimate of drug-likeness (QED) is 0.394. The number of hydrogen-bond donors (Lipinski definition) is 1. The van der Waals surface area contributed by atoms with Gasteiger partial charge in [0.1, 0.15) is 0 Å². The van der Waals surface area contributed by atoms with E-state index in [0.717, 1.165) is 6.42 Å². The molecule has 1 N–H and O–H groups in total. The van der Waals surface area contributed by atoms with E-state index in [0.29, 0.717) is 12.4 Å². The third kappa shape index (κ3) is 6.85. The molecule has 50 valence electrons. The third-order valence-corrected chi connectivity index (χ3v) is 1.55. The van der Waals surface area contributed by atoms with Crippen LogP contribution in [0.5, 0.6) is 0 Å². The van der Waals surface area contributed by atoms with Gasteiger partial charge in [0, 0.05) is 12.4 Å². The molecule has 2 nitrogen and oxygen atoms in total. The summed E-state index contributed by atoms with van der Waals surface area (Å²) >= 11 is 5.30. The predicted molar refractivity (Wildman–Crippen MR) is 37.3 cm³/mol. The molecule has 0 aliphatic rings. The third-order valence-electron chi connectivity index (χ3n) is 0.526. The van der Waals surface area contributed by atoms with Crippen molar-refractivity contribution in [3.05, 3.63) is 0 Å². The summed E-state index contributed by atoms with van der Waals surface area (Å²) < 4.78 is 12.5. The van der Waals surface area contributed by atoms with Gasteiger partial charge in [0.2, 0.25) is 0 Å². The van der Waals surface area contributed by atoms with Gasteiger partial charge in [0.15, 0.2) is 21.3 Å². The summed E-state index contributed by atoms with van der Waals surface area (Å²) in [5.74, 6) is 0.571. The Morgan fingerprint density at radius 2 is 2.25 bits per heavy atom. The molecule has 0 heterocycles. The number of nitrogens with one attached hydrogen (secondary N) is 1. The highest BCUT2D eigenvalue weighted by Gasteiger charge is 1.96. The van der Waals surface area contributed by atoms with Crippen LogP contribution < -0.4 is 4.72 Å². The predicted octanol–water partition coefficient (Wildman–Crippen LogP) is 1.02. The van der Waals surface area contributed by atoms with Crippen LogP contribution in [0.4, 0.5) is 0 Å². The standard InChI is InChI=1S/C3H7Cl2NOS/c4-2-1-3-6-8(5)7/h6H,1-3H2. The van der Waals surface area contributed by atoms with Crippen molar-refractivity contribution in [2.75, 3.05) is 12.4 Å². The molecule has 1 atom stereocenters. The summed E-state index contributed by atoms with van der Waals surface area (Å²) in [5, 5.41) is 0. The van der Waals surface area contributed by atoms with Gasteiger partial charge in [-0.05, 0) is 6.42 Å². The van der Waals surface area contributed by atoms with Gasteiger partial charge in [0.25, 0.3) is 0 Å². The lowest BCUT2D eigenvalue weighted by Crippen LogP contribution is -2.19. The Morgan fingerprint density at radius 1 is 1.62 bits per heavy atom. The van der Waals surface area contributed by atoms with Crippen molar-refractivity contribution in [2.45, 2.75) is 6.42 Å². The minimum Gasteiger partial charge on any atom is -0.580 e. The van der Waals surface area contributed by atoms with Crippen LogP contribution in [0.3, 0.4) is 0 Å². The Kier molecular flexibility index (Phi) is 6.61. The molecule has 0 aliphatic heterocycles. The summed E-state index contributed by atoms with van der Waals surface area (Å²) in [6.45, 7) is 0.611. The van der Waals surface area contributed by atoms with Crippen molar-refractivity contribution in [2.24, 2.45) is 0 Å². The molecule has 0 saturated carbocycles. The normalized spacial score (nSPS) is 13.9. The first-order valence-corrected chi connectivity index (χ1v) is 4.66. The number of alkyl halides is 1. The Bertz CT molecular complexity index is 54.5. The van der Waals surface area contributed by atoms with E-state index in [-0.39, 0.29) is 0 Å². The molecule has 0 saturated heterocycles. The summed E-state index contributed by atoms with van der Waals surface area (Å²) in [6.07, 6.45) is 0.792. The lowest BCUT2D eigenvalue weighted by Gasteiger charge is -1.97. The second-order valence-electron chi connectivity index (χ2n) is 1.16. The first kappa shape index (κ1) is 8.85. The highest BCUT2D eigenvalue weighted by atomic mass is 35.7. The molecule has 0 amide bonds. The highest BCUT2D eigenvalue weighted by molar-refractivity contribution is 8.12. The van der Waals surface area contributed by atoms with Crippen molar-refractivity contribution in [3.63, 3.8) is 0 Å². The first-order chi connectivity index (χ1) is 3.77. The molecular formula is C3H7Cl2NOS. The van der Waals surface area contributed by atoms with Gasteiger partial charge in [-0.2, -0.15) is 0 Å². The molecule has 0 radical (unpaired) electrons. The van der Waals surface area contributed by atoms with E-state index in [2.05, 4.69) is 4.72 Å². The van der Waals surface area contributed by atoms with Gasteiger partial charge in [0.05, 0.1) is 0 Å². The molecule has 0 aromatic rings. The topological polar surface area (TPSA) is 35.1 Å². The molecule has 0 fully saturated rings. The van der Waals surface area contributed by atoms with E-state index in [9.17, 15) is 4.55 Å². The zero-order valence-corrected chi connectivity index (χ0v) is 6.52. The summed E-state index contributed by atoms with van der Waals surface area (Å²) in [7, 11) is 3.63. The van der Waals surface area contributed by atoms with E-state index in [1.807, 2.05) is 0 Å². The van der Waals surface area contributed by atoms with Gasteiger partial charge in [-0.25, -0.2) is 0 Å². The van der Waals surface area contributed by atoms with Crippen molar-refractivity contribution < 1.29 is 4.55 Å². The molecule has 5 heteroatoms. The van der Waals surface area contributed by atoms with Crippen LogP contribution in [0, 0.1) is 0 Å². The van der Waals surface area contributed by atoms with Gasteiger partial charge in [-0.15, -0.1) is 16.3 Å². The maximum Gasteiger partial charge on any atom is 0.199 e. The smallest absolute Gasteiger partial charge is 0.199 e. The first-order valence-electron chi connectivity index (χ1n) is 2.15. The minimum atomic E-state index is -1.40. The fourth-order valence-corrected chi connectivity index (χ4v) is 0.889. The second-order valence-corrected chi connectivity index (χ2v) is 3.11. The van der Waals surface area contributed by atoms with Crippen LogP contribution in [-0.4, -0.2) is 17.0 Å². The lowest BCUT2D eigenvalue weighted by atomic mass is 10.5. The molecular weight excluding hydrogens is 169 g/mol. The van der Waals surface area contributed by atoms with Crippen LogP contribution in [0.25, 0.3) is 0 Å². The average molecular weight is 176 g/mol. The monoisotopic (exact) mass is 175 g/mol. The molecule has 0 aromatic heterocycles. The molecule has 1 unspecified atom stereocenters. The van der Waals surface area contributed by atoms with Crippen LogP contribution in [0.1, 0.15) is 6.42 Å². The molecule has 8 heavy (non-hydrogen) atoms. The summed E-state index contributed by atoms with van der Waals surface area (Å²) in [4.78, 5) is 0. The van der Waals surface area contributed by atoms with Crippen LogP contribution in [0.2, 0.25) is 0 Å². The molecule has 0 bridgehead atoms. The molecule has 0 spiro atoms. The van der Waals surface area contributed by atoms with Crippen molar-refractivity contribution >= 4 is 32.9 Å². The maximum absolute atomic E-state index is 10.0. The zero-order chi connectivity index (χ0) is 6.41. The largest absolute Gasteiger partial charge is 0.580 e. The van der Waals surface area contributed by atoms with E-state index in [4.69, 9.17) is 22.3 Å². The summed E-state index contributed by atoms with van der Waals surface area (Å²) in [5.41, 5.74) is 0. The number of rotatable bonds is 4. The van der Waals surface area contributed by atoms with Crippen molar-refractivity contribution in [1.29, 1.82) is 0 Å². The SMILES string of the molecule is [O-][S+](Cl)NCCCCl. The highest BCUT2D eigenvalue weighted by Crippen LogP contribution is 1.89. The van der Waals surface area contributed by atoms with Crippen LogP contribution in [0.15, 0.2) is 0 Å². The Hall–Kier alpha value is 0.850. The lowest BCUT2D eigenvalue weighted by molar-refractivity contribution is 0.594. The van der Waals surface area contributed by atoms with E-state index < -0.39 is 10.6 Å². The maximum atomic E-state index is 10.0. The van der Waals surface area contributed by atoms with Crippen LogP contribution >= 0.6 is 22.3 Å². The minimum absolute atomic E-state index is 0.571. The Balaban J connectivity index is 2.72. The van der Waals surface area contributed by atoms with E-state index in [1.54, 1.807) is 0 Å². The van der Waals surface area contributed by atoms with Crippen molar-refractivity contribution in [1.82, 2.24) is 4.72 Å². The zero-order valence-electron chi connectivity index (χ0n) is 4.19.